The third-order valence-electron chi connectivity index (χ3n) is 4.67. The fraction of sp³-hybridized carbons (Fsp3) is 0.389. The third-order valence-corrected chi connectivity index (χ3v) is 5.59. The lowest BCUT2D eigenvalue weighted by molar-refractivity contribution is -0.121. The van der Waals surface area contributed by atoms with E-state index in [2.05, 4.69) is 10.3 Å². The quantitative estimate of drug-likeness (QED) is 0.632. The Morgan fingerprint density at radius 1 is 1.37 bits per heavy atom. The molecule has 1 atom stereocenters. The predicted octanol–water partition coefficient (Wildman–Crippen LogP) is 3.17. The van der Waals surface area contributed by atoms with Gasteiger partial charge in [0, 0.05) is 12.6 Å². The van der Waals surface area contributed by atoms with Gasteiger partial charge in [-0.1, -0.05) is 12.1 Å². The van der Waals surface area contributed by atoms with Crippen molar-refractivity contribution in [1.82, 2.24) is 19.9 Å². The molecule has 1 aromatic carbocycles. The van der Waals surface area contributed by atoms with Crippen LogP contribution in [0.4, 0.5) is 0 Å². The minimum Gasteiger partial charge on any atom is -0.353 e. The number of aromatic nitrogens is 3. The summed E-state index contributed by atoms with van der Waals surface area (Å²) in [5.41, 5.74) is 10.6. The Balaban J connectivity index is 0.00000131. The predicted molar refractivity (Wildman–Crippen MR) is 114 cm³/mol. The van der Waals surface area contributed by atoms with Crippen molar-refractivity contribution in [3.63, 3.8) is 0 Å². The zero-order valence-corrected chi connectivity index (χ0v) is 17.4. The van der Waals surface area contributed by atoms with Gasteiger partial charge in [-0.25, -0.2) is 9.97 Å². The highest BCUT2D eigenvalue weighted by Gasteiger charge is 2.28. The van der Waals surface area contributed by atoms with Crippen molar-refractivity contribution in [3.05, 3.63) is 35.5 Å². The molecule has 3 N–H and O–H groups in total. The molecule has 0 radical (unpaired) electrons. The lowest BCUT2D eigenvalue weighted by Crippen LogP contribution is -2.39. The molecule has 2 heterocycles. The summed E-state index contributed by atoms with van der Waals surface area (Å²) in [4.78, 5) is 22.5. The summed E-state index contributed by atoms with van der Waals surface area (Å²) in [7, 11) is 0. The monoisotopic (exact) mass is 427 g/mol. The summed E-state index contributed by atoms with van der Waals surface area (Å²) in [5, 5.41) is 2.97. The van der Waals surface area contributed by atoms with Crippen LogP contribution in [0.25, 0.3) is 21.7 Å². The van der Waals surface area contributed by atoms with Crippen LogP contribution in [0.1, 0.15) is 18.5 Å². The van der Waals surface area contributed by atoms with E-state index in [9.17, 15) is 4.79 Å². The Morgan fingerprint density at radius 3 is 2.78 bits per heavy atom. The Morgan fingerprint density at radius 2 is 2.11 bits per heavy atom. The van der Waals surface area contributed by atoms with E-state index in [1.807, 2.05) is 41.3 Å². The van der Waals surface area contributed by atoms with E-state index in [0.717, 1.165) is 27.4 Å². The molecule has 0 saturated heterocycles. The smallest absolute Gasteiger partial charge is 0.240 e. The number of hydrogen-bond donors (Lipinski definition) is 2. The number of nitrogens with two attached hydrogens (primary N) is 1. The van der Waals surface area contributed by atoms with Gasteiger partial charge in [0.1, 0.15) is 6.54 Å². The molecule has 6 nitrogen and oxygen atoms in total. The summed E-state index contributed by atoms with van der Waals surface area (Å²) in [5.74, 6) is 1.33. The Hall–Kier alpha value is -1.67. The maximum absolute atomic E-state index is 12.5. The second-order valence-electron chi connectivity index (χ2n) is 6.58. The maximum Gasteiger partial charge on any atom is 0.240 e. The number of fused-ring (bicyclic) bond motifs is 1. The number of carbonyl (C=O) groups excluding carboxylic acids is 1. The SMILES string of the molecule is Cc1ncsc1-c1nc2ccccc2n1CC(=O)NCC(N)C1CC1.Cl.Cl. The number of rotatable bonds is 6. The highest BCUT2D eigenvalue weighted by Crippen LogP contribution is 2.31. The van der Waals surface area contributed by atoms with Crippen molar-refractivity contribution in [2.24, 2.45) is 11.7 Å². The minimum atomic E-state index is -0.0392. The molecule has 27 heavy (non-hydrogen) atoms. The second kappa shape index (κ2) is 9.01. The molecule has 0 aliphatic heterocycles. The minimum absolute atomic E-state index is 0. The number of aryl methyl sites for hydroxylation is 1. The topological polar surface area (TPSA) is 85.8 Å². The molecule has 1 aliphatic carbocycles. The molecule has 1 aliphatic rings. The highest BCUT2D eigenvalue weighted by molar-refractivity contribution is 7.13. The molecular weight excluding hydrogens is 405 g/mol. The fourth-order valence-corrected chi connectivity index (χ4v) is 3.85. The molecule has 4 rings (SSSR count). The lowest BCUT2D eigenvalue weighted by Gasteiger charge is -2.13. The summed E-state index contributed by atoms with van der Waals surface area (Å²) in [6.07, 6.45) is 2.36. The van der Waals surface area contributed by atoms with Crippen molar-refractivity contribution in [1.29, 1.82) is 0 Å². The van der Waals surface area contributed by atoms with Gasteiger partial charge in [-0.3, -0.25) is 4.79 Å². The molecule has 1 saturated carbocycles. The summed E-state index contributed by atoms with van der Waals surface area (Å²) in [6.45, 7) is 2.72. The van der Waals surface area contributed by atoms with Gasteiger partial charge in [0.05, 0.1) is 27.1 Å². The van der Waals surface area contributed by atoms with Gasteiger partial charge in [-0.2, -0.15) is 0 Å². The molecular formula is C18H23Cl2N5OS. The zero-order valence-electron chi connectivity index (χ0n) is 14.9. The first-order chi connectivity index (χ1) is 12.1. The van der Waals surface area contributed by atoms with Crippen molar-refractivity contribution in [2.75, 3.05) is 6.54 Å². The van der Waals surface area contributed by atoms with Crippen LogP contribution in [-0.4, -0.2) is 33.0 Å². The molecule has 146 valence electrons. The van der Waals surface area contributed by atoms with Crippen LogP contribution in [0, 0.1) is 12.8 Å². The van der Waals surface area contributed by atoms with Crippen LogP contribution < -0.4 is 11.1 Å². The first-order valence-electron chi connectivity index (χ1n) is 8.51. The molecule has 1 unspecified atom stereocenters. The van der Waals surface area contributed by atoms with Crippen molar-refractivity contribution in [3.8, 4) is 10.7 Å². The molecule has 1 fully saturated rings. The van der Waals surface area contributed by atoms with Crippen LogP contribution in [0.5, 0.6) is 0 Å². The van der Waals surface area contributed by atoms with Gasteiger partial charge in [0.25, 0.3) is 0 Å². The number of carbonyl (C=O) groups is 1. The van der Waals surface area contributed by atoms with Crippen molar-refractivity contribution < 1.29 is 4.79 Å². The van der Waals surface area contributed by atoms with Gasteiger partial charge in [0.2, 0.25) is 5.91 Å². The standard InChI is InChI=1S/C18H21N5OS.2ClH/c1-11-17(25-10-21-11)18-22-14-4-2-3-5-15(14)23(18)9-16(24)20-8-13(19)12-6-7-12;;/h2-5,10,12-13H,6-9,19H2,1H3,(H,20,24);2*1H. The Kier molecular flexibility index (Phi) is 7.22. The molecule has 2 aromatic heterocycles. The van der Waals surface area contributed by atoms with Crippen LogP contribution in [0.15, 0.2) is 29.8 Å². The summed E-state index contributed by atoms with van der Waals surface area (Å²) < 4.78 is 1.97. The fourth-order valence-electron chi connectivity index (χ4n) is 3.05. The normalized spacial score (nSPS) is 14.3. The molecule has 0 bridgehead atoms. The first-order valence-corrected chi connectivity index (χ1v) is 9.39. The number of amides is 1. The van der Waals surface area contributed by atoms with Gasteiger partial charge in [0.15, 0.2) is 5.82 Å². The largest absolute Gasteiger partial charge is 0.353 e. The molecule has 9 heteroatoms. The van der Waals surface area contributed by atoms with Gasteiger partial charge in [-0.15, -0.1) is 36.2 Å². The summed E-state index contributed by atoms with van der Waals surface area (Å²) >= 11 is 1.54. The average molecular weight is 428 g/mol. The zero-order chi connectivity index (χ0) is 17.4. The number of nitrogens with zero attached hydrogens (tertiary/aromatic N) is 3. The average Bonchev–Trinajstić information content (AvgIpc) is 3.29. The van der Waals surface area contributed by atoms with Crippen LogP contribution in [-0.2, 0) is 11.3 Å². The van der Waals surface area contributed by atoms with Crippen LogP contribution in [0.3, 0.4) is 0 Å². The first kappa shape index (κ1) is 21.6. The highest BCUT2D eigenvalue weighted by atomic mass is 35.5. The van der Waals surface area contributed by atoms with Crippen LogP contribution in [0.2, 0.25) is 0 Å². The van der Waals surface area contributed by atoms with Gasteiger partial charge < -0.3 is 15.6 Å². The number of imidazole rings is 1. The van der Waals surface area contributed by atoms with E-state index in [-0.39, 0.29) is 43.3 Å². The van der Waals surface area contributed by atoms with E-state index in [1.54, 1.807) is 11.3 Å². The van der Waals surface area contributed by atoms with E-state index in [1.165, 1.54) is 12.8 Å². The number of para-hydroxylation sites is 2. The number of benzene rings is 1. The van der Waals surface area contributed by atoms with E-state index in [0.29, 0.717) is 12.5 Å². The van der Waals surface area contributed by atoms with Crippen LogP contribution >= 0.6 is 36.2 Å². The van der Waals surface area contributed by atoms with E-state index >= 15 is 0 Å². The van der Waals surface area contributed by atoms with Gasteiger partial charge >= 0.3 is 0 Å². The number of hydrogen-bond acceptors (Lipinski definition) is 5. The molecule has 0 spiro atoms. The van der Waals surface area contributed by atoms with Gasteiger partial charge in [-0.05, 0) is 37.8 Å². The number of halogens is 2. The van der Waals surface area contributed by atoms with E-state index < -0.39 is 0 Å². The van der Waals surface area contributed by atoms with E-state index in [4.69, 9.17) is 10.7 Å². The maximum atomic E-state index is 12.5. The van der Waals surface area contributed by atoms with Crippen molar-refractivity contribution in [2.45, 2.75) is 32.4 Å². The Bertz CT molecular complexity index is 922. The molecule has 3 aromatic rings. The molecule has 1 amide bonds. The third kappa shape index (κ3) is 4.60. The second-order valence-corrected chi connectivity index (χ2v) is 7.44. The number of thiazole rings is 1. The lowest BCUT2D eigenvalue weighted by atomic mass is 10.2. The van der Waals surface area contributed by atoms with Crippen molar-refractivity contribution >= 4 is 53.1 Å². The number of nitrogens with one attached hydrogen (secondary N) is 1. The Labute approximate surface area is 174 Å². The summed E-state index contributed by atoms with van der Waals surface area (Å²) in [6, 6.07) is 7.94.